The summed E-state index contributed by atoms with van der Waals surface area (Å²) in [5.41, 5.74) is 5.74. The molecule has 0 saturated heterocycles. The highest BCUT2D eigenvalue weighted by atomic mass is 32.1. The standard InChI is InChI=1S/C16H15N3O2S2/c1-9-4-11(21-3)5-10(2)14(9)12-7-22-16(18-12)19-15(20)13-6-17-8-23-13/h4-8H,1-3H3,(H,18,19,20). The lowest BCUT2D eigenvalue weighted by Crippen LogP contribution is -2.09. The largest absolute Gasteiger partial charge is 0.497 e. The van der Waals surface area contributed by atoms with E-state index in [1.807, 2.05) is 31.4 Å². The Morgan fingerprint density at radius 3 is 2.57 bits per heavy atom. The Morgan fingerprint density at radius 2 is 1.96 bits per heavy atom. The van der Waals surface area contributed by atoms with E-state index < -0.39 is 0 Å². The number of ether oxygens (including phenoxy) is 1. The molecule has 2 heterocycles. The Morgan fingerprint density at radius 1 is 1.22 bits per heavy atom. The molecule has 0 aliphatic rings. The molecule has 1 amide bonds. The van der Waals surface area contributed by atoms with E-state index in [1.54, 1.807) is 18.8 Å². The number of hydrogen-bond donors (Lipinski definition) is 1. The third kappa shape index (κ3) is 3.25. The van der Waals surface area contributed by atoms with Gasteiger partial charge in [-0.1, -0.05) is 0 Å². The number of thiazole rings is 2. The number of benzene rings is 1. The Balaban J connectivity index is 1.86. The Hall–Kier alpha value is -2.25. The average molecular weight is 345 g/mol. The van der Waals surface area contributed by atoms with Gasteiger partial charge in [-0.2, -0.15) is 0 Å². The summed E-state index contributed by atoms with van der Waals surface area (Å²) >= 11 is 2.71. The van der Waals surface area contributed by atoms with Crippen LogP contribution in [0.3, 0.4) is 0 Å². The van der Waals surface area contributed by atoms with Crippen LogP contribution in [0.1, 0.15) is 20.8 Å². The lowest BCUT2D eigenvalue weighted by atomic mass is 10.0. The van der Waals surface area contributed by atoms with Crippen molar-refractivity contribution in [2.45, 2.75) is 13.8 Å². The van der Waals surface area contributed by atoms with Gasteiger partial charge in [0.2, 0.25) is 0 Å². The molecule has 2 aromatic heterocycles. The van der Waals surface area contributed by atoms with Crippen LogP contribution in [0.25, 0.3) is 11.3 Å². The van der Waals surface area contributed by atoms with E-state index in [0.29, 0.717) is 10.0 Å². The van der Waals surface area contributed by atoms with Crippen molar-refractivity contribution in [1.29, 1.82) is 0 Å². The predicted octanol–water partition coefficient (Wildman–Crippen LogP) is 4.14. The van der Waals surface area contributed by atoms with Crippen molar-refractivity contribution in [2.75, 3.05) is 12.4 Å². The number of rotatable bonds is 4. The maximum absolute atomic E-state index is 12.0. The monoisotopic (exact) mass is 345 g/mol. The molecule has 118 valence electrons. The van der Waals surface area contributed by atoms with Gasteiger partial charge in [-0.3, -0.25) is 15.1 Å². The Bertz CT molecular complexity index is 818. The van der Waals surface area contributed by atoms with Crippen LogP contribution in [0.2, 0.25) is 0 Å². The van der Waals surface area contributed by atoms with E-state index in [9.17, 15) is 4.79 Å². The minimum atomic E-state index is -0.184. The van der Waals surface area contributed by atoms with Gasteiger partial charge in [0.05, 0.1) is 24.5 Å². The molecule has 3 rings (SSSR count). The first-order valence-electron chi connectivity index (χ1n) is 6.89. The highest BCUT2D eigenvalue weighted by molar-refractivity contribution is 7.14. The molecule has 1 N–H and O–H groups in total. The van der Waals surface area contributed by atoms with Crippen molar-refractivity contribution in [3.63, 3.8) is 0 Å². The number of methoxy groups -OCH3 is 1. The second kappa shape index (κ2) is 6.47. The number of nitrogens with zero attached hydrogens (tertiary/aromatic N) is 2. The van der Waals surface area contributed by atoms with Crippen LogP contribution in [0.4, 0.5) is 5.13 Å². The summed E-state index contributed by atoms with van der Waals surface area (Å²) in [6.07, 6.45) is 1.55. The summed E-state index contributed by atoms with van der Waals surface area (Å²) in [6, 6.07) is 3.97. The van der Waals surface area contributed by atoms with Crippen LogP contribution >= 0.6 is 22.7 Å². The van der Waals surface area contributed by atoms with E-state index in [1.165, 1.54) is 22.7 Å². The molecule has 7 heteroatoms. The van der Waals surface area contributed by atoms with Crippen molar-refractivity contribution in [3.8, 4) is 17.0 Å². The van der Waals surface area contributed by atoms with E-state index >= 15 is 0 Å². The fourth-order valence-electron chi connectivity index (χ4n) is 2.38. The third-order valence-corrected chi connectivity index (χ3v) is 4.91. The van der Waals surface area contributed by atoms with Gasteiger partial charge < -0.3 is 4.74 Å². The summed E-state index contributed by atoms with van der Waals surface area (Å²) in [6.45, 7) is 4.06. The predicted molar refractivity (Wildman–Crippen MR) is 93.6 cm³/mol. The number of hydrogen-bond acceptors (Lipinski definition) is 6. The summed E-state index contributed by atoms with van der Waals surface area (Å²) in [5, 5.41) is 5.34. The average Bonchev–Trinajstić information content (AvgIpc) is 3.18. The zero-order valence-electron chi connectivity index (χ0n) is 12.9. The van der Waals surface area contributed by atoms with Crippen molar-refractivity contribution in [2.24, 2.45) is 0 Å². The molecule has 0 spiro atoms. The molecule has 0 bridgehead atoms. The van der Waals surface area contributed by atoms with Crippen LogP contribution in [-0.4, -0.2) is 23.0 Å². The molecule has 0 saturated carbocycles. The normalized spacial score (nSPS) is 10.6. The van der Waals surface area contributed by atoms with Crippen LogP contribution < -0.4 is 10.1 Å². The highest BCUT2D eigenvalue weighted by Gasteiger charge is 2.14. The summed E-state index contributed by atoms with van der Waals surface area (Å²) in [4.78, 5) is 21.1. The maximum Gasteiger partial charge on any atom is 0.269 e. The molecular weight excluding hydrogens is 330 g/mol. The molecule has 0 fully saturated rings. The highest BCUT2D eigenvalue weighted by Crippen LogP contribution is 2.33. The van der Waals surface area contributed by atoms with Crippen molar-refractivity contribution in [1.82, 2.24) is 9.97 Å². The van der Waals surface area contributed by atoms with Crippen LogP contribution in [0.5, 0.6) is 5.75 Å². The lowest BCUT2D eigenvalue weighted by Gasteiger charge is -2.10. The van der Waals surface area contributed by atoms with Crippen molar-refractivity contribution >= 4 is 33.7 Å². The SMILES string of the molecule is COc1cc(C)c(-c2csc(NC(=O)c3cncs3)n2)c(C)c1. The molecule has 1 aromatic carbocycles. The maximum atomic E-state index is 12.0. The van der Waals surface area contributed by atoms with Crippen LogP contribution in [-0.2, 0) is 0 Å². The minimum Gasteiger partial charge on any atom is -0.497 e. The fourth-order valence-corrected chi connectivity index (χ4v) is 3.59. The van der Waals surface area contributed by atoms with Crippen molar-refractivity contribution < 1.29 is 9.53 Å². The van der Waals surface area contributed by atoms with E-state index in [4.69, 9.17) is 4.74 Å². The number of carbonyl (C=O) groups is 1. The second-order valence-corrected chi connectivity index (χ2v) is 6.74. The molecular formula is C16H15N3O2S2. The molecule has 0 aliphatic heterocycles. The molecule has 5 nitrogen and oxygen atoms in total. The van der Waals surface area contributed by atoms with Crippen LogP contribution in [0, 0.1) is 13.8 Å². The van der Waals surface area contributed by atoms with Gasteiger partial charge in [0, 0.05) is 10.9 Å². The van der Waals surface area contributed by atoms with Gasteiger partial charge in [0.1, 0.15) is 10.6 Å². The fraction of sp³-hybridized carbons (Fsp3) is 0.188. The first kappa shape index (κ1) is 15.6. The van der Waals surface area contributed by atoms with E-state index in [2.05, 4.69) is 15.3 Å². The first-order chi connectivity index (χ1) is 11.1. The summed E-state index contributed by atoms with van der Waals surface area (Å²) in [7, 11) is 1.66. The topological polar surface area (TPSA) is 64.1 Å². The minimum absolute atomic E-state index is 0.184. The molecule has 23 heavy (non-hydrogen) atoms. The summed E-state index contributed by atoms with van der Waals surface area (Å²) in [5.74, 6) is 0.647. The number of nitrogens with one attached hydrogen (secondary N) is 1. The zero-order chi connectivity index (χ0) is 16.4. The molecule has 3 aromatic rings. The van der Waals surface area contributed by atoms with Gasteiger partial charge in [-0.15, -0.1) is 22.7 Å². The number of anilines is 1. The third-order valence-electron chi connectivity index (χ3n) is 3.38. The quantitative estimate of drug-likeness (QED) is 0.772. The second-order valence-electron chi connectivity index (χ2n) is 4.99. The molecule has 0 atom stereocenters. The number of aryl methyl sites for hydroxylation is 2. The lowest BCUT2D eigenvalue weighted by molar-refractivity contribution is 0.103. The van der Waals surface area contributed by atoms with Crippen LogP contribution in [0.15, 0.2) is 29.2 Å². The number of aromatic nitrogens is 2. The molecule has 0 unspecified atom stereocenters. The van der Waals surface area contributed by atoms with Crippen molar-refractivity contribution in [3.05, 3.63) is 45.2 Å². The van der Waals surface area contributed by atoms with E-state index in [-0.39, 0.29) is 5.91 Å². The smallest absolute Gasteiger partial charge is 0.269 e. The van der Waals surface area contributed by atoms with Gasteiger partial charge in [0.25, 0.3) is 5.91 Å². The van der Waals surface area contributed by atoms with Gasteiger partial charge in [-0.25, -0.2) is 4.98 Å². The Labute approximate surface area is 142 Å². The Kier molecular flexibility index (Phi) is 4.40. The first-order valence-corrected chi connectivity index (χ1v) is 8.65. The number of carbonyl (C=O) groups excluding carboxylic acids is 1. The molecule has 0 radical (unpaired) electrons. The van der Waals surface area contributed by atoms with Gasteiger partial charge in [-0.05, 0) is 37.1 Å². The zero-order valence-corrected chi connectivity index (χ0v) is 14.5. The number of amides is 1. The van der Waals surface area contributed by atoms with Gasteiger partial charge in [0.15, 0.2) is 5.13 Å². The molecule has 0 aliphatic carbocycles. The van der Waals surface area contributed by atoms with Gasteiger partial charge >= 0.3 is 0 Å². The van der Waals surface area contributed by atoms with E-state index in [0.717, 1.165) is 28.1 Å². The summed E-state index contributed by atoms with van der Waals surface area (Å²) < 4.78 is 5.29.